The predicted octanol–water partition coefficient (Wildman–Crippen LogP) is 5.25. The molecule has 0 aliphatic heterocycles. The van der Waals surface area contributed by atoms with E-state index < -0.39 is 6.04 Å². The number of rotatable bonds is 11. The number of aromatic amines is 1. The molecule has 0 fully saturated rings. The molecule has 7 nitrogen and oxygen atoms in total. The molecule has 7 heteroatoms. The van der Waals surface area contributed by atoms with Crippen LogP contribution in [-0.2, 0) is 17.8 Å². The van der Waals surface area contributed by atoms with Crippen LogP contribution in [-0.4, -0.2) is 46.6 Å². The number of carbonyl (C=O) groups is 3. The third-order valence-electron chi connectivity index (χ3n) is 7.09. The fraction of sp³-hybridized carbons (Fsp3) is 0.552. The van der Waals surface area contributed by atoms with Crippen LogP contribution in [0.4, 0.5) is 5.69 Å². The number of Topliss-reactive ketones (excluding diaryl/α,β-unsaturated/α-hetero) is 1. The number of hydrogen-bond acceptors (Lipinski definition) is 4. The Balaban J connectivity index is 1.75. The summed E-state index contributed by atoms with van der Waals surface area (Å²) in [5, 5.41) is 5.94. The van der Waals surface area contributed by atoms with E-state index in [-0.39, 0.29) is 23.0 Å². The summed E-state index contributed by atoms with van der Waals surface area (Å²) in [7, 11) is 0. The van der Waals surface area contributed by atoms with E-state index >= 15 is 0 Å². The topological polar surface area (TPSA) is 94.3 Å². The van der Waals surface area contributed by atoms with Gasteiger partial charge in [0.1, 0.15) is 11.7 Å². The Morgan fingerprint density at radius 1 is 1.14 bits per heavy atom. The van der Waals surface area contributed by atoms with Gasteiger partial charge in [-0.05, 0) is 61.5 Å². The minimum Gasteiger partial charge on any atom is -0.354 e. The van der Waals surface area contributed by atoms with Gasteiger partial charge < -0.3 is 15.6 Å². The maximum absolute atomic E-state index is 13.3. The van der Waals surface area contributed by atoms with Crippen molar-refractivity contribution < 1.29 is 14.4 Å². The van der Waals surface area contributed by atoms with Crippen molar-refractivity contribution in [2.45, 2.75) is 86.2 Å². The number of ketones is 1. The van der Waals surface area contributed by atoms with Gasteiger partial charge in [-0.25, -0.2) is 0 Å². The SMILES string of the molecule is CCCCC(NC(=O)c1[nH]c2c(c1C)C(=O)CC(C)(C)C2)C(=O)Nc1cccc(CN(CC)CC)c1. The molecule has 1 heterocycles. The summed E-state index contributed by atoms with van der Waals surface area (Å²) >= 11 is 0. The van der Waals surface area contributed by atoms with Crippen molar-refractivity contribution in [1.29, 1.82) is 0 Å². The number of hydrogen-bond donors (Lipinski definition) is 3. The Morgan fingerprint density at radius 2 is 1.86 bits per heavy atom. The fourth-order valence-corrected chi connectivity index (χ4v) is 5.05. The van der Waals surface area contributed by atoms with Gasteiger partial charge in [0.15, 0.2) is 5.78 Å². The second-order valence-corrected chi connectivity index (χ2v) is 10.7. The van der Waals surface area contributed by atoms with E-state index in [0.717, 1.165) is 49.4 Å². The number of benzene rings is 1. The van der Waals surface area contributed by atoms with Crippen LogP contribution in [0, 0.1) is 12.3 Å². The molecular formula is C29H42N4O3. The van der Waals surface area contributed by atoms with Crippen LogP contribution in [0.15, 0.2) is 24.3 Å². The summed E-state index contributed by atoms with van der Waals surface area (Å²) in [4.78, 5) is 44.8. The molecule has 0 radical (unpaired) electrons. The Kier molecular flexibility index (Phi) is 9.12. The van der Waals surface area contributed by atoms with E-state index in [1.165, 1.54) is 0 Å². The molecule has 0 spiro atoms. The first kappa shape index (κ1) is 27.7. The highest BCUT2D eigenvalue weighted by atomic mass is 16.2. The van der Waals surface area contributed by atoms with Gasteiger partial charge in [-0.15, -0.1) is 0 Å². The molecular weight excluding hydrogens is 452 g/mol. The lowest BCUT2D eigenvalue weighted by Gasteiger charge is -2.28. The van der Waals surface area contributed by atoms with Gasteiger partial charge in [-0.1, -0.05) is 59.6 Å². The molecule has 1 aromatic carbocycles. The number of nitrogens with zero attached hydrogens (tertiary/aromatic N) is 1. The number of unbranched alkanes of at least 4 members (excludes halogenated alkanes) is 1. The van der Waals surface area contributed by atoms with Crippen LogP contribution >= 0.6 is 0 Å². The highest BCUT2D eigenvalue weighted by Crippen LogP contribution is 2.36. The minimum atomic E-state index is -0.671. The maximum atomic E-state index is 13.3. The van der Waals surface area contributed by atoms with Crippen LogP contribution in [0.3, 0.4) is 0 Å². The van der Waals surface area contributed by atoms with E-state index in [4.69, 9.17) is 0 Å². The van der Waals surface area contributed by atoms with Crippen molar-refractivity contribution in [3.63, 3.8) is 0 Å². The van der Waals surface area contributed by atoms with E-state index in [9.17, 15) is 14.4 Å². The average Bonchev–Trinajstić information content (AvgIpc) is 3.15. The van der Waals surface area contributed by atoms with Crippen molar-refractivity contribution >= 4 is 23.3 Å². The molecule has 36 heavy (non-hydrogen) atoms. The molecule has 1 atom stereocenters. The quantitative estimate of drug-likeness (QED) is 0.398. The smallest absolute Gasteiger partial charge is 0.268 e. The van der Waals surface area contributed by atoms with Crippen LogP contribution in [0.25, 0.3) is 0 Å². The summed E-state index contributed by atoms with van der Waals surface area (Å²) in [6.07, 6.45) is 3.45. The molecule has 0 saturated heterocycles. The van der Waals surface area contributed by atoms with Gasteiger partial charge in [-0.3, -0.25) is 19.3 Å². The number of amides is 2. The van der Waals surface area contributed by atoms with Gasteiger partial charge in [0.25, 0.3) is 5.91 Å². The van der Waals surface area contributed by atoms with Crippen molar-refractivity contribution in [3.8, 4) is 0 Å². The van der Waals surface area contributed by atoms with Crippen LogP contribution in [0.1, 0.15) is 98.0 Å². The lowest BCUT2D eigenvalue weighted by molar-refractivity contribution is -0.118. The zero-order valence-corrected chi connectivity index (χ0v) is 22.7. The molecule has 0 bridgehead atoms. The fourth-order valence-electron chi connectivity index (χ4n) is 5.05. The van der Waals surface area contributed by atoms with Crippen molar-refractivity contribution in [3.05, 3.63) is 52.3 Å². The molecule has 1 unspecified atom stereocenters. The largest absolute Gasteiger partial charge is 0.354 e. The second-order valence-electron chi connectivity index (χ2n) is 10.7. The summed E-state index contributed by atoms with van der Waals surface area (Å²) < 4.78 is 0. The van der Waals surface area contributed by atoms with Crippen molar-refractivity contribution in [1.82, 2.24) is 15.2 Å². The Morgan fingerprint density at radius 3 is 2.53 bits per heavy atom. The summed E-state index contributed by atoms with van der Waals surface area (Å²) in [5.41, 5.74) is 4.21. The van der Waals surface area contributed by atoms with Gasteiger partial charge in [0.05, 0.1) is 0 Å². The number of anilines is 1. The van der Waals surface area contributed by atoms with E-state index in [2.05, 4.69) is 61.2 Å². The first-order valence-electron chi connectivity index (χ1n) is 13.3. The summed E-state index contributed by atoms with van der Waals surface area (Å²) in [6, 6.07) is 7.20. The molecule has 1 aliphatic rings. The van der Waals surface area contributed by atoms with Gasteiger partial charge in [-0.2, -0.15) is 0 Å². The second kappa shape index (κ2) is 11.9. The number of fused-ring (bicyclic) bond motifs is 1. The predicted molar refractivity (Wildman–Crippen MR) is 144 cm³/mol. The summed E-state index contributed by atoms with van der Waals surface area (Å²) in [6.45, 7) is 15.0. The van der Waals surface area contributed by atoms with E-state index in [0.29, 0.717) is 36.1 Å². The van der Waals surface area contributed by atoms with Crippen LogP contribution < -0.4 is 10.6 Å². The zero-order valence-electron chi connectivity index (χ0n) is 22.7. The monoisotopic (exact) mass is 494 g/mol. The number of H-pyrrole nitrogens is 1. The third-order valence-corrected chi connectivity index (χ3v) is 7.09. The van der Waals surface area contributed by atoms with Gasteiger partial charge in [0.2, 0.25) is 5.91 Å². The Bertz CT molecular complexity index is 1100. The van der Waals surface area contributed by atoms with Crippen molar-refractivity contribution in [2.75, 3.05) is 18.4 Å². The lowest BCUT2D eigenvalue weighted by atomic mass is 9.75. The Labute approximate surface area is 215 Å². The number of aromatic nitrogens is 1. The van der Waals surface area contributed by atoms with Gasteiger partial charge in [0, 0.05) is 29.9 Å². The normalized spacial score (nSPS) is 15.5. The highest BCUT2D eigenvalue weighted by Gasteiger charge is 2.35. The average molecular weight is 495 g/mol. The molecule has 3 rings (SSSR count). The molecule has 2 amide bonds. The Hall–Kier alpha value is -2.93. The first-order chi connectivity index (χ1) is 17.1. The number of nitrogens with one attached hydrogen (secondary N) is 3. The first-order valence-corrected chi connectivity index (χ1v) is 13.3. The standard InChI is InChI=1S/C29H42N4O3/c1-7-10-14-22(27(35)30-21-13-11-12-20(15-21)18-33(8-2)9-3)32-28(36)26-19(4)25-23(31-26)16-29(5,6)17-24(25)34/h11-13,15,22,31H,7-10,14,16-18H2,1-6H3,(H,30,35)(H,32,36). The molecule has 2 aromatic rings. The highest BCUT2D eigenvalue weighted by molar-refractivity contribution is 6.06. The van der Waals surface area contributed by atoms with E-state index in [1.54, 1.807) is 0 Å². The maximum Gasteiger partial charge on any atom is 0.268 e. The van der Waals surface area contributed by atoms with Gasteiger partial charge >= 0.3 is 0 Å². The summed E-state index contributed by atoms with van der Waals surface area (Å²) in [5.74, 6) is -0.513. The molecule has 1 aromatic heterocycles. The lowest BCUT2D eigenvalue weighted by Crippen LogP contribution is -2.44. The van der Waals surface area contributed by atoms with Crippen LogP contribution in [0.5, 0.6) is 0 Å². The molecule has 196 valence electrons. The number of carbonyl (C=O) groups excluding carboxylic acids is 3. The minimum absolute atomic E-state index is 0.0684. The van der Waals surface area contributed by atoms with Crippen LogP contribution in [0.2, 0.25) is 0 Å². The van der Waals surface area contributed by atoms with Crippen molar-refractivity contribution in [2.24, 2.45) is 5.41 Å². The zero-order chi connectivity index (χ0) is 26.5. The third kappa shape index (κ3) is 6.64. The molecule has 3 N–H and O–H groups in total. The molecule has 1 aliphatic carbocycles. The molecule has 0 saturated carbocycles. The van der Waals surface area contributed by atoms with E-state index in [1.807, 2.05) is 25.1 Å².